The van der Waals surface area contributed by atoms with E-state index >= 15 is 0 Å². The van der Waals surface area contributed by atoms with Gasteiger partial charge in [0.25, 0.3) is 0 Å². The summed E-state index contributed by atoms with van der Waals surface area (Å²) in [4.78, 5) is 5.66. The number of benzene rings is 3. The number of amidine groups is 1. The fourth-order valence-electron chi connectivity index (χ4n) is 3.52. The van der Waals surface area contributed by atoms with Gasteiger partial charge in [0.05, 0.1) is 0 Å². The van der Waals surface area contributed by atoms with Gasteiger partial charge in [-0.3, -0.25) is 0 Å². The predicted molar refractivity (Wildman–Crippen MR) is 141 cm³/mol. The van der Waals surface area contributed by atoms with Gasteiger partial charge in [-0.2, -0.15) is 0 Å². The molecule has 1 atom stereocenters. The molecule has 3 aromatic carbocycles. The number of halogens is 1. The average molecular weight is 541 g/mol. The Kier molecular flexibility index (Phi) is 8.24. The van der Waals surface area contributed by atoms with Crippen LogP contribution in [0.4, 0.5) is 0 Å². The number of rotatable bonds is 5. The molecule has 0 radical (unpaired) electrons. The second-order valence-corrected chi connectivity index (χ2v) is 10.3. The molecular formula is C25H24ClN5SSe. The van der Waals surface area contributed by atoms with Gasteiger partial charge in [0, 0.05) is 0 Å². The molecule has 2 N–H and O–H groups in total. The van der Waals surface area contributed by atoms with E-state index in [1.165, 1.54) is 17.5 Å². The molecule has 1 heterocycles. The van der Waals surface area contributed by atoms with Crippen molar-refractivity contribution in [2.45, 2.75) is 23.1 Å². The van der Waals surface area contributed by atoms with Crippen LogP contribution in [0.25, 0.3) is 0 Å². The van der Waals surface area contributed by atoms with Crippen molar-refractivity contribution in [1.29, 1.82) is 0 Å². The predicted octanol–water partition coefficient (Wildman–Crippen LogP) is 5.66. The van der Waals surface area contributed by atoms with Crippen LogP contribution in [0.5, 0.6) is 0 Å². The standard InChI is InChI=1S/C25H24ClN5SSe/c1-33-24(27)28-25(30-32-21-10-6-3-7-11-21)31-17-16-22(18-8-4-2-5-9-18)23(29-31)19-12-14-20(26)15-13-19/h2-15,22H,16-17H2,1H3,(H2,27,28,30). The van der Waals surface area contributed by atoms with Crippen molar-refractivity contribution >= 4 is 54.9 Å². The van der Waals surface area contributed by atoms with Crippen LogP contribution in [0.15, 0.2) is 104 Å². The molecule has 0 saturated heterocycles. The van der Waals surface area contributed by atoms with Crippen LogP contribution in [-0.2, 0) is 0 Å². The minimum absolute atomic E-state index is 0.0866. The fourth-order valence-corrected chi connectivity index (χ4v) is 4.61. The third-order valence-corrected chi connectivity index (χ3v) is 7.21. The van der Waals surface area contributed by atoms with Crippen molar-refractivity contribution in [2.75, 3.05) is 6.54 Å². The Morgan fingerprint density at radius 1 is 1.03 bits per heavy atom. The summed E-state index contributed by atoms with van der Waals surface area (Å²) in [6.45, 7) is 0.693. The summed E-state index contributed by atoms with van der Waals surface area (Å²) in [7, 11) is 0. The summed E-state index contributed by atoms with van der Waals surface area (Å²) in [6.07, 6.45) is 0.882. The number of nitrogens with two attached hydrogens (primary N) is 1. The van der Waals surface area contributed by atoms with Gasteiger partial charge < -0.3 is 0 Å². The normalized spacial score (nSPS) is 17.1. The van der Waals surface area contributed by atoms with E-state index < -0.39 is 0 Å². The maximum atomic E-state index is 6.15. The van der Waals surface area contributed by atoms with Gasteiger partial charge in [-0.25, -0.2) is 0 Å². The molecule has 1 aliphatic heterocycles. The quantitative estimate of drug-likeness (QED) is 0.196. The Morgan fingerprint density at radius 2 is 1.70 bits per heavy atom. The van der Waals surface area contributed by atoms with E-state index in [4.69, 9.17) is 26.8 Å². The van der Waals surface area contributed by atoms with E-state index in [9.17, 15) is 0 Å². The monoisotopic (exact) mass is 541 g/mol. The van der Waals surface area contributed by atoms with Gasteiger partial charge in [-0.1, -0.05) is 0 Å². The van der Waals surface area contributed by atoms with Crippen LogP contribution in [0.2, 0.25) is 10.8 Å². The van der Waals surface area contributed by atoms with Crippen LogP contribution >= 0.6 is 23.5 Å². The van der Waals surface area contributed by atoms with Gasteiger partial charge in [-0.05, 0) is 0 Å². The second-order valence-electron chi connectivity index (χ2n) is 7.32. The van der Waals surface area contributed by atoms with Crippen LogP contribution in [-0.4, -0.2) is 42.9 Å². The van der Waals surface area contributed by atoms with Crippen molar-refractivity contribution < 1.29 is 0 Å². The Morgan fingerprint density at radius 3 is 2.36 bits per heavy atom. The van der Waals surface area contributed by atoms with Gasteiger partial charge >= 0.3 is 211 Å². The molecule has 1 unspecified atom stereocenters. The SMILES string of the molecule is C[Se]/C(N)=N\C(=N\Sc1ccccc1)N1CCC(c2ccccc2)C(c2ccc(Cl)cc2)=N1. The Hall–Kier alpha value is -2.57. The van der Waals surface area contributed by atoms with Crippen LogP contribution < -0.4 is 5.73 Å². The van der Waals surface area contributed by atoms with E-state index in [1.807, 2.05) is 71.5 Å². The molecule has 0 aromatic heterocycles. The first-order valence-corrected chi connectivity index (χ1v) is 14.2. The topological polar surface area (TPSA) is 66.3 Å². The summed E-state index contributed by atoms with van der Waals surface area (Å²) in [5.74, 6) is 2.73. The first kappa shape index (κ1) is 23.6. The molecular weight excluding hydrogens is 517 g/mol. The van der Waals surface area contributed by atoms with Crippen LogP contribution in [0.1, 0.15) is 23.5 Å². The molecule has 168 valence electrons. The van der Waals surface area contributed by atoms with E-state index in [0.29, 0.717) is 22.3 Å². The van der Waals surface area contributed by atoms with Crippen LogP contribution in [0, 0.1) is 0 Å². The zero-order chi connectivity index (χ0) is 23.0. The van der Waals surface area contributed by atoms with E-state index in [1.54, 1.807) is 0 Å². The second kappa shape index (κ2) is 11.5. The average Bonchev–Trinajstić information content (AvgIpc) is 2.87. The number of hydrogen-bond donors (Lipinski definition) is 1. The molecule has 8 heteroatoms. The summed E-state index contributed by atoms with van der Waals surface area (Å²) in [5, 5.41) is 7.62. The molecule has 0 bridgehead atoms. The summed E-state index contributed by atoms with van der Waals surface area (Å²) in [6, 6.07) is 28.3. The van der Waals surface area contributed by atoms with Gasteiger partial charge in [-0.15, -0.1) is 0 Å². The van der Waals surface area contributed by atoms with Crippen molar-refractivity contribution in [3.8, 4) is 0 Å². The van der Waals surface area contributed by atoms with Gasteiger partial charge in [0.15, 0.2) is 0 Å². The fraction of sp³-hybridized carbons (Fsp3) is 0.160. The van der Waals surface area contributed by atoms with Gasteiger partial charge in [0.2, 0.25) is 0 Å². The first-order valence-electron chi connectivity index (χ1n) is 10.5. The molecule has 0 fully saturated rings. The first-order chi connectivity index (χ1) is 16.1. The molecule has 0 saturated carbocycles. The summed E-state index contributed by atoms with van der Waals surface area (Å²) in [5.41, 5.74) is 9.37. The molecule has 0 amide bonds. The Bertz CT molecular complexity index is 1150. The van der Waals surface area contributed by atoms with E-state index in [-0.39, 0.29) is 20.9 Å². The van der Waals surface area contributed by atoms with E-state index in [2.05, 4.69) is 29.3 Å². The maximum absolute atomic E-state index is 6.15. The molecule has 33 heavy (non-hydrogen) atoms. The third-order valence-electron chi connectivity index (χ3n) is 5.16. The zero-order valence-electron chi connectivity index (χ0n) is 18.1. The number of nitrogens with zero attached hydrogens (tertiary/aromatic N) is 4. The van der Waals surface area contributed by atoms with Crippen molar-refractivity contribution in [2.24, 2.45) is 20.2 Å². The number of aliphatic imine (C=N–C) groups is 1. The zero-order valence-corrected chi connectivity index (χ0v) is 21.4. The van der Waals surface area contributed by atoms with Crippen molar-refractivity contribution in [3.63, 3.8) is 0 Å². The van der Waals surface area contributed by atoms with Crippen molar-refractivity contribution in [1.82, 2.24) is 5.01 Å². The molecule has 1 aliphatic rings. The molecule has 0 aliphatic carbocycles. The minimum atomic E-state index is 0.0866. The summed E-state index contributed by atoms with van der Waals surface area (Å²) < 4.78 is 5.31. The molecule has 4 rings (SSSR count). The van der Waals surface area contributed by atoms with Crippen LogP contribution in [0.3, 0.4) is 0 Å². The molecule has 5 nitrogen and oxygen atoms in total. The molecule has 3 aromatic rings. The van der Waals surface area contributed by atoms with E-state index in [0.717, 1.165) is 22.6 Å². The Labute approximate surface area is 210 Å². The van der Waals surface area contributed by atoms with Gasteiger partial charge in [0.1, 0.15) is 0 Å². The Balaban J connectivity index is 1.73. The number of guanidine groups is 1. The number of hydrogen-bond acceptors (Lipinski definition) is 3. The number of hydrazone groups is 1. The third kappa shape index (κ3) is 6.27. The van der Waals surface area contributed by atoms with Crippen molar-refractivity contribution in [3.05, 3.63) is 101 Å². The summed E-state index contributed by atoms with van der Waals surface area (Å²) >= 11 is 7.62. The molecule has 0 spiro atoms.